The molecule has 30 heavy (non-hydrogen) atoms. The number of rotatable bonds is 3. The van der Waals surface area contributed by atoms with E-state index >= 15 is 0 Å². The molecule has 6 rings (SSSR count). The van der Waals surface area contributed by atoms with Crippen LogP contribution < -0.4 is 4.90 Å². The zero-order valence-electron chi connectivity index (χ0n) is 16.8. The lowest BCUT2D eigenvalue weighted by molar-refractivity contribution is 0.243. The van der Waals surface area contributed by atoms with E-state index in [4.69, 9.17) is 16.7 Å². The molecule has 8 heteroatoms. The first kappa shape index (κ1) is 18.3. The molecule has 1 saturated carbocycles. The van der Waals surface area contributed by atoms with Crippen molar-refractivity contribution in [2.75, 3.05) is 18.0 Å². The Morgan fingerprint density at radius 2 is 1.83 bits per heavy atom. The monoisotopic (exact) mass is 421 g/mol. The summed E-state index contributed by atoms with van der Waals surface area (Å²) >= 11 is 6.36. The van der Waals surface area contributed by atoms with Gasteiger partial charge in [-0.3, -0.25) is 14.5 Å². The number of aromatic nitrogens is 5. The summed E-state index contributed by atoms with van der Waals surface area (Å²) < 4.78 is 2.32. The van der Waals surface area contributed by atoms with E-state index in [0.29, 0.717) is 12.0 Å². The summed E-state index contributed by atoms with van der Waals surface area (Å²) in [5.41, 5.74) is 2.46. The predicted octanol–water partition coefficient (Wildman–Crippen LogP) is 3.57. The van der Waals surface area contributed by atoms with Gasteiger partial charge in [0.25, 0.3) is 0 Å². The minimum Gasteiger partial charge on any atom is -0.355 e. The van der Waals surface area contributed by atoms with Gasteiger partial charge in [0.15, 0.2) is 5.82 Å². The van der Waals surface area contributed by atoms with Gasteiger partial charge in [-0.05, 0) is 49.4 Å². The van der Waals surface area contributed by atoms with Crippen LogP contribution in [0, 0.1) is 0 Å². The molecule has 0 radical (unpaired) electrons. The summed E-state index contributed by atoms with van der Waals surface area (Å²) in [6.07, 6.45) is 9.93. The van der Waals surface area contributed by atoms with Crippen LogP contribution >= 0.6 is 11.6 Å². The Balaban J connectivity index is 1.32. The highest BCUT2D eigenvalue weighted by Gasteiger charge is 2.35. The molecule has 1 saturated heterocycles. The van der Waals surface area contributed by atoms with Crippen LogP contribution in [0.4, 0.5) is 5.82 Å². The summed E-state index contributed by atoms with van der Waals surface area (Å²) in [5, 5.41) is 10.1. The van der Waals surface area contributed by atoms with E-state index < -0.39 is 0 Å². The number of anilines is 1. The highest BCUT2D eigenvalue weighted by atomic mass is 35.5. The maximum absolute atomic E-state index is 6.36. The lowest BCUT2D eigenvalue weighted by atomic mass is 9.95. The lowest BCUT2D eigenvalue weighted by Crippen LogP contribution is -2.34. The minimum atomic E-state index is 0.384. The predicted molar refractivity (Wildman–Crippen MR) is 115 cm³/mol. The van der Waals surface area contributed by atoms with Crippen molar-refractivity contribution in [2.45, 2.75) is 50.7 Å². The molecule has 0 atom stereocenters. The number of hydrogen-bond donors (Lipinski definition) is 0. The van der Waals surface area contributed by atoms with Crippen LogP contribution in [0.2, 0.25) is 5.02 Å². The van der Waals surface area contributed by atoms with Crippen molar-refractivity contribution in [3.8, 4) is 5.69 Å². The molecule has 0 spiro atoms. The second kappa shape index (κ2) is 7.32. The molecule has 2 aliphatic heterocycles. The van der Waals surface area contributed by atoms with Gasteiger partial charge in [-0.1, -0.05) is 11.6 Å². The van der Waals surface area contributed by atoms with Crippen LogP contribution in [0.5, 0.6) is 0 Å². The standard InChI is InChI=1S/C22H24ClN7/c23-17-1-4-19-16(11-17)13-29(18-2-3-18)14-21-26-27-22(30(19)21)15-5-9-28(10-6-15)20-12-24-7-8-25-20/h1,4,7-8,11-12,15,18H,2-3,5-6,9-10,13-14H2. The van der Waals surface area contributed by atoms with Crippen LogP contribution in [0.3, 0.4) is 0 Å². The summed E-state index contributed by atoms with van der Waals surface area (Å²) in [6, 6.07) is 6.90. The second-order valence-corrected chi connectivity index (χ2v) is 8.98. The van der Waals surface area contributed by atoms with Gasteiger partial charge >= 0.3 is 0 Å². The fourth-order valence-corrected chi connectivity index (χ4v) is 5.03. The van der Waals surface area contributed by atoms with E-state index in [1.807, 2.05) is 12.3 Å². The average molecular weight is 422 g/mol. The maximum atomic E-state index is 6.36. The Morgan fingerprint density at radius 3 is 2.60 bits per heavy atom. The van der Waals surface area contributed by atoms with E-state index in [1.165, 1.54) is 24.1 Å². The van der Waals surface area contributed by atoms with Gasteiger partial charge in [-0.2, -0.15) is 0 Å². The number of piperidine rings is 1. The normalized spacial score (nSPS) is 20.0. The quantitative estimate of drug-likeness (QED) is 0.644. The Morgan fingerprint density at radius 1 is 0.967 bits per heavy atom. The third-order valence-corrected chi connectivity index (χ3v) is 6.79. The molecule has 3 aliphatic rings. The molecular formula is C22H24ClN7. The molecule has 2 aromatic heterocycles. The summed E-state index contributed by atoms with van der Waals surface area (Å²) in [5.74, 6) is 3.48. The molecule has 0 N–H and O–H groups in total. The number of fused-ring (bicyclic) bond motifs is 3. The van der Waals surface area contributed by atoms with Crippen LogP contribution in [0.15, 0.2) is 36.8 Å². The van der Waals surface area contributed by atoms with Gasteiger partial charge in [0, 0.05) is 49.0 Å². The zero-order chi connectivity index (χ0) is 20.1. The molecule has 3 aromatic rings. The van der Waals surface area contributed by atoms with Gasteiger partial charge in [0.1, 0.15) is 11.6 Å². The van der Waals surface area contributed by atoms with Gasteiger partial charge in [-0.25, -0.2) is 4.98 Å². The van der Waals surface area contributed by atoms with Crippen molar-refractivity contribution in [3.63, 3.8) is 0 Å². The Kier molecular flexibility index (Phi) is 4.46. The lowest BCUT2D eigenvalue weighted by Gasteiger charge is -2.32. The van der Waals surface area contributed by atoms with E-state index in [0.717, 1.165) is 61.5 Å². The van der Waals surface area contributed by atoms with Crippen molar-refractivity contribution >= 4 is 17.4 Å². The molecule has 1 aliphatic carbocycles. The van der Waals surface area contributed by atoms with Crippen molar-refractivity contribution < 1.29 is 0 Å². The topological polar surface area (TPSA) is 63.0 Å². The second-order valence-electron chi connectivity index (χ2n) is 8.54. The fraction of sp³-hybridized carbons (Fsp3) is 0.455. The summed E-state index contributed by atoms with van der Waals surface area (Å²) in [7, 11) is 0. The van der Waals surface area contributed by atoms with E-state index in [9.17, 15) is 0 Å². The highest BCUT2D eigenvalue weighted by Crippen LogP contribution is 2.37. The van der Waals surface area contributed by atoms with Gasteiger partial charge in [-0.15, -0.1) is 10.2 Å². The van der Waals surface area contributed by atoms with Crippen molar-refractivity contribution in [1.29, 1.82) is 0 Å². The third-order valence-electron chi connectivity index (χ3n) is 6.55. The van der Waals surface area contributed by atoms with Crippen molar-refractivity contribution in [3.05, 3.63) is 59.0 Å². The summed E-state index contributed by atoms with van der Waals surface area (Å²) in [6.45, 7) is 3.68. The first-order valence-electron chi connectivity index (χ1n) is 10.7. The SMILES string of the molecule is Clc1ccc2c(c1)CN(C1CC1)Cc1nnc(C3CCN(c4cnccn4)CC3)n1-2. The first-order valence-corrected chi connectivity index (χ1v) is 11.1. The molecule has 2 fully saturated rings. The average Bonchev–Trinajstić information content (AvgIpc) is 3.57. The summed E-state index contributed by atoms with van der Waals surface area (Å²) in [4.78, 5) is 13.5. The Hall–Kier alpha value is -2.51. The molecule has 4 heterocycles. The van der Waals surface area contributed by atoms with E-state index in [1.54, 1.807) is 12.4 Å². The first-order chi connectivity index (χ1) is 14.8. The van der Waals surface area contributed by atoms with Gasteiger partial charge in [0.2, 0.25) is 0 Å². The molecule has 154 valence electrons. The van der Waals surface area contributed by atoms with Crippen LogP contribution in [-0.2, 0) is 13.1 Å². The number of hydrogen-bond acceptors (Lipinski definition) is 6. The molecule has 0 unspecified atom stereocenters. The van der Waals surface area contributed by atoms with Gasteiger partial charge in [0.05, 0.1) is 18.4 Å². The minimum absolute atomic E-state index is 0.384. The highest BCUT2D eigenvalue weighted by molar-refractivity contribution is 6.30. The number of nitrogens with zero attached hydrogens (tertiary/aromatic N) is 7. The van der Waals surface area contributed by atoms with Crippen LogP contribution in [0.25, 0.3) is 5.69 Å². The van der Waals surface area contributed by atoms with Crippen molar-refractivity contribution in [2.24, 2.45) is 0 Å². The van der Waals surface area contributed by atoms with Crippen LogP contribution in [0.1, 0.15) is 48.8 Å². The van der Waals surface area contributed by atoms with Crippen molar-refractivity contribution in [1.82, 2.24) is 29.6 Å². The smallest absolute Gasteiger partial charge is 0.151 e. The molecule has 7 nitrogen and oxygen atoms in total. The van der Waals surface area contributed by atoms with E-state index in [2.05, 4.69) is 41.6 Å². The van der Waals surface area contributed by atoms with Gasteiger partial charge < -0.3 is 4.90 Å². The third kappa shape index (κ3) is 3.26. The largest absolute Gasteiger partial charge is 0.355 e. The maximum Gasteiger partial charge on any atom is 0.151 e. The fourth-order valence-electron chi connectivity index (χ4n) is 4.83. The molecule has 0 amide bonds. The molecule has 1 aromatic carbocycles. The van der Waals surface area contributed by atoms with E-state index in [-0.39, 0.29) is 0 Å². The number of benzene rings is 1. The molecular weight excluding hydrogens is 398 g/mol. The Labute approximate surface area is 180 Å². The molecule has 0 bridgehead atoms. The Bertz CT molecular complexity index is 1050. The van der Waals surface area contributed by atoms with Crippen LogP contribution in [-0.4, -0.2) is 48.8 Å². The number of halogens is 1. The zero-order valence-corrected chi connectivity index (χ0v) is 17.5.